The summed E-state index contributed by atoms with van der Waals surface area (Å²) in [5, 5.41) is 62.5. The number of unbranched alkanes of at least 4 members (excludes halogenated alkanes) is 1. The summed E-state index contributed by atoms with van der Waals surface area (Å²) in [7, 11) is 0. The Kier molecular flexibility index (Phi) is 23.4. The fourth-order valence-corrected chi connectivity index (χ4v) is 5.66. The van der Waals surface area contributed by atoms with Crippen molar-refractivity contribution in [1.82, 2.24) is 37.2 Å². The van der Waals surface area contributed by atoms with Gasteiger partial charge in [-0.1, -0.05) is 26.0 Å². The van der Waals surface area contributed by atoms with E-state index in [-0.39, 0.29) is 63.4 Å². The molecule has 0 spiro atoms. The summed E-state index contributed by atoms with van der Waals surface area (Å²) in [6.07, 6.45) is -1.66. The molecule has 24 nitrogen and oxygen atoms in total. The summed E-state index contributed by atoms with van der Waals surface area (Å²) in [6.45, 7) is 3.31. The van der Waals surface area contributed by atoms with Gasteiger partial charge in [0.15, 0.2) is 5.96 Å². The number of hydrogen-bond acceptors (Lipinski definition) is 13. The lowest BCUT2D eigenvalue weighted by Gasteiger charge is -2.29. The summed E-state index contributed by atoms with van der Waals surface area (Å²) < 4.78 is 0. The molecule has 24 heteroatoms. The Labute approximate surface area is 351 Å². The molecule has 1 rings (SSSR count). The molecule has 6 atom stereocenters. The van der Waals surface area contributed by atoms with Crippen molar-refractivity contribution in [3.8, 4) is 5.75 Å². The molecule has 61 heavy (non-hydrogen) atoms. The molecule has 0 aromatic heterocycles. The molecule has 0 unspecified atom stereocenters. The number of amides is 6. The van der Waals surface area contributed by atoms with Crippen LogP contribution in [0.25, 0.3) is 0 Å². The topological polar surface area (TPSA) is 421 Å². The van der Waals surface area contributed by atoms with E-state index < -0.39 is 108 Å². The molecule has 0 heterocycles. The van der Waals surface area contributed by atoms with Gasteiger partial charge in [-0.25, -0.2) is 4.79 Å². The van der Waals surface area contributed by atoms with Crippen LogP contribution in [0.4, 0.5) is 0 Å². The molecule has 0 saturated carbocycles. The van der Waals surface area contributed by atoms with Gasteiger partial charge in [0, 0.05) is 25.9 Å². The van der Waals surface area contributed by atoms with Gasteiger partial charge in [-0.3, -0.25) is 43.8 Å². The largest absolute Gasteiger partial charge is 0.508 e. The lowest BCUT2D eigenvalue weighted by molar-refractivity contribution is -0.144. The molecule has 1 aromatic rings. The molecule has 340 valence electrons. The maximum Gasteiger partial charge on any atom is 0.326 e. The number of carbonyl (C=O) groups is 9. The highest BCUT2D eigenvalue weighted by Gasteiger charge is 2.35. The average Bonchev–Trinajstić information content (AvgIpc) is 3.16. The Bertz CT molecular complexity index is 1690. The number of benzene rings is 1. The van der Waals surface area contributed by atoms with E-state index >= 15 is 0 Å². The molecule has 6 amide bonds. The van der Waals surface area contributed by atoms with Gasteiger partial charge in [-0.15, -0.1) is 0 Å². The third-order valence-electron chi connectivity index (χ3n) is 8.85. The van der Waals surface area contributed by atoms with Gasteiger partial charge < -0.3 is 74.8 Å². The van der Waals surface area contributed by atoms with Crippen LogP contribution in [-0.2, 0) is 49.6 Å². The molecule has 0 saturated heterocycles. The highest BCUT2D eigenvalue weighted by Crippen LogP contribution is 2.13. The van der Waals surface area contributed by atoms with E-state index in [2.05, 4.69) is 37.2 Å². The number of rotatable bonds is 29. The van der Waals surface area contributed by atoms with Crippen LogP contribution in [-0.4, -0.2) is 136 Å². The maximum absolute atomic E-state index is 14.0. The van der Waals surface area contributed by atoms with Crippen molar-refractivity contribution in [3.05, 3.63) is 29.8 Å². The first-order valence-corrected chi connectivity index (χ1v) is 19.4. The molecule has 0 aliphatic heterocycles. The Morgan fingerprint density at radius 3 is 1.62 bits per heavy atom. The Hall–Kier alpha value is -6.56. The van der Waals surface area contributed by atoms with E-state index in [1.54, 1.807) is 13.8 Å². The predicted molar refractivity (Wildman–Crippen MR) is 216 cm³/mol. The number of aliphatic carboxylic acids is 3. The lowest BCUT2D eigenvalue weighted by Crippen LogP contribution is -2.61. The number of guanidine groups is 1. The second-order valence-electron chi connectivity index (χ2n) is 14.3. The average molecular weight is 866 g/mol. The van der Waals surface area contributed by atoms with Crippen LogP contribution >= 0.6 is 0 Å². The van der Waals surface area contributed by atoms with Crippen molar-refractivity contribution in [2.45, 2.75) is 108 Å². The van der Waals surface area contributed by atoms with E-state index in [4.69, 9.17) is 22.6 Å². The third-order valence-corrected chi connectivity index (χ3v) is 8.85. The van der Waals surface area contributed by atoms with Crippen LogP contribution in [0.3, 0.4) is 0 Å². The molecule has 18 N–H and O–H groups in total. The maximum atomic E-state index is 14.0. The summed E-state index contributed by atoms with van der Waals surface area (Å²) in [5.41, 5.74) is 16.6. The lowest BCUT2D eigenvalue weighted by atomic mass is 9.99. The first-order valence-electron chi connectivity index (χ1n) is 19.4. The minimum absolute atomic E-state index is 0.0397. The Balaban J connectivity index is 3.48. The number of hydrogen-bond donors (Lipinski definition) is 15. The molecule has 0 radical (unpaired) electrons. The number of aromatic hydroxyl groups is 1. The third kappa shape index (κ3) is 20.8. The van der Waals surface area contributed by atoms with Gasteiger partial charge in [0.2, 0.25) is 35.4 Å². The molecule has 0 bridgehead atoms. The van der Waals surface area contributed by atoms with Crippen molar-refractivity contribution in [1.29, 1.82) is 5.41 Å². The van der Waals surface area contributed by atoms with Crippen LogP contribution < -0.4 is 54.4 Å². The van der Waals surface area contributed by atoms with Crippen LogP contribution in [0, 0.1) is 11.3 Å². The molecular formula is C37H59N11O13. The summed E-state index contributed by atoms with van der Waals surface area (Å²) in [5.74, 6) is -11.5. The number of nitrogens with one attached hydrogen (secondary N) is 8. The number of carbonyl (C=O) groups excluding carboxylic acids is 6. The standard InChI is InChI=1S/C37H59N11O13/c1-19(2)30(48-31(55)22(7-5-15-42-37(40)41)44-33(57)25(17-28(51)52)43-27(50)12-14-39)35(59)47-24(16-20-8-10-21(49)11-9-20)32(56)46-26(18-29(53)54)34(58)45-23(36(60)61)6-3-4-13-38/h8-11,19,22-26,30,49H,3-7,12-18,38-39H2,1-2H3,(H,43,50)(H,44,57)(H,45,58)(H,46,56)(H,47,59)(H,48,55)(H,51,52)(H,53,54)(H,60,61)(H4,40,41,42)/t22-,23-,24-,25+,26-,30-/m0/s1. The fourth-order valence-electron chi connectivity index (χ4n) is 5.66. The van der Waals surface area contributed by atoms with E-state index in [1.807, 2.05) is 0 Å². The minimum atomic E-state index is -1.81. The van der Waals surface area contributed by atoms with E-state index in [9.17, 15) is 63.6 Å². The Morgan fingerprint density at radius 1 is 0.623 bits per heavy atom. The number of phenolic OH excluding ortho intramolecular Hbond substituents is 1. The van der Waals surface area contributed by atoms with E-state index in [1.165, 1.54) is 24.3 Å². The summed E-state index contributed by atoms with van der Waals surface area (Å²) >= 11 is 0. The quantitative estimate of drug-likeness (QED) is 0.0209. The number of phenols is 1. The van der Waals surface area contributed by atoms with Gasteiger partial charge >= 0.3 is 17.9 Å². The zero-order chi connectivity index (χ0) is 46.2. The van der Waals surface area contributed by atoms with Gasteiger partial charge in [-0.05, 0) is 62.3 Å². The smallest absolute Gasteiger partial charge is 0.326 e. The van der Waals surface area contributed by atoms with Gasteiger partial charge in [0.25, 0.3) is 0 Å². The zero-order valence-corrected chi connectivity index (χ0v) is 34.0. The number of nitrogens with two attached hydrogens (primary N) is 3. The summed E-state index contributed by atoms with van der Waals surface area (Å²) in [6, 6.07) is -3.88. The second-order valence-corrected chi connectivity index (χ2v) is 14.3. The van der Waals surface area contributed by atoms with Crippen molar-refractivity contribution in [3.63, 3.8) is 0 Å². The van der Waals surface area contributed by atoms with Crippen LogP contribution in [0.1, 0.15) is 70.8 Å². The molecular weight excluding hydrogens is 806 g/mol. The van der Waals surface area contributed by atoms with Gasteiger partial charge in [-0.2, -0.15) is 0 Å². The monoisotopic (exact) mass is 865 g/mol. The van der Waals surface area contributed by atoms with E-state index in [0.29, 0.717) is 18.4 Å². The fraction of sp³-hybridized carbons (Fsp3) is 0.568. The van der Waals surface area contributed by atoms with Crippen molar-refractivity contribution < 1.29 is 63.6 Å². The van der Waals surface area contributed by atoms with Gasteiger partial charge in [0.1, 0.15) is 42.0 Å². The minimum Gasteiger partial charge on any atom is -0.508 e. The van der Waals surface area contributed by atoms with Crippen LogP contribution in [0.5, 0.6) is 5.75 Å². The first kappa shape index (κ1) is 52.5. The normalized spacial score (nSPS) is 13.8. The van der Waals surface area contributed by atoms with Crippen molar-refractivity contribution >= 4 is 59.3 Å². The highest BCUT2D eigenvalue weighted by atomic mass is 16.4. The first-order chi connectivity index (χ1) is 28.7. The van der Waals surface area contributed by atoms with Crippen LogP contribution in [0.2, 0.25) is 0 Å². The predicted octanol–water partition coefficient (Wildman–Crippen LogP) is -3.73. The zero-order valence-electron chi connectivity index (χ0n) is 34.0. The molecule has 0 fully saturated rings. The SMILES string of the molecule is CC(C)[C@H](NC(=O)[C@H](CCCNC(=N)N)NC(=O)[C@@H](CC(=O)O)NC(=O)CCN)C(=O)N[C@@H](Cc1ccc(O)cc1)C(=O)N[C@@H](CC(=O)O)C(=O)N[C@@H](CCCCN)C(=O)O. The second kappa shape index (κ2) is 27.2. The number of carboxylic acid groups (broad SMARTS) is 3. The molecule has 0 aliphatic rings. The highest BCUT2D eigenvalue weighted by molar-refractivity contribution is 5.98. The summed E-state index contributed by atoms with van der Waals surface area (Å²) in [4.78, 5) is 115. The van der Waals surface area contributed by atoms with Crippen molar-refractivity contribution in [2.75, 3.05) is 19.6 Å². The Morgan fingerprint density at radius 2 is 1.11 bits per heavy atom. The molecule has 1 aromatic carbocycles. The number of carboxylic acids is 3. The van der Waals surface area contributed by atoms with Crippen molar-refractivity contribution in [2.24, 2.45) is 23.1 Å². The molecule has 0 aliphatic carbocycles. The van der Waals surface area contributed by atoms with E-state index in [0.717, 1.165) is 0 Å². The van der Waals surface area contributed by atoms with Crippen LogP contribution in [0.15, 0.2) is 24.3 Å². The van der Waals surface area contributed by atoms with Gasteiger partial charge in [0.05, 0.1) is 12.8 Å².